The number of thiophene rings is 1. The minimum Gasteiger partial charge on any atom is -0.465 e. The topological polar surface area (TPSA) is 84.5 Å². The minimum absolute atomic E-state index is 0.0210. The molecular formula is C16H20N2O4S2. The van der Waals surface area contributed by atoms with Crippen LogP contribution in [0, 0.1) is 5.92 Å². The zero-order chi connectivity index (χ0) is 17.3. The van der Waals surface area contributed by atoms with Crippen molar-refractivity contribution in [3.05, 3.63) is 29.1 Å². The number of methoxy groups -OCH3 is 1. The highest BCUT2D eigenvalue weighted by Gasteiger charge is 2.32. The number of fused-ring (bicyclic) bond motifs is 1. The summed E-state index contributed by atoms with van der Waals surface area (Å²) in [6.07, 6.45) is 0.904. The second-order valence-corrected chi connectivity index (χ2v) is 8.65. The van der Waals surface area contributed by atoms with Crippen LogP contribution < -0.4 is 10.0 Å². The molecule has 24 heavy (non-hydrogen) atoms. The third-order valence-electron chi connectivity index (χ3n) is 4.32. The molecule has 0 bridgehead atoms. The van der Waals surface area contributed by atoms with Crippen molar-refractivity contribution in [2.75, 3.05) is 20.2 Å². The Labute approximate surface area is 145 Å². The Morgan fingerprint density at radius 1 is 1.38 bits per heavy atom. The van der Waals surface area contributed by atoms with Gasteiger partial charge in [-0.25, -0.2) is 17.9 Å². The van der Waals surface area contributed by atoms with Crippen molar-refractivity contribution in [3.8, 4) is 0 Å². The van der Waals surface area contributed by atoms with Gasteiger partial charge in [-0.2, -0.15) is 0 Å². The number of hydrogen-bond acceptors (Lipinski definition) is 6. The van der Waals surface area contributed by atoms with Gasteiger partial charge < -0.3 is 10.1 Å². The normalized spacial score (nSPS) is 21.8. The Bertz CT molecular complexity index is 860. The number of nitrogens with one attached hydrogen (secondary N) is 2. The number of hydrogen-bond donors (Lipinski definition) is 2. The Morgan fingerprint density at radius 2 is 2.12 bits per heavy atom. The van der Waals surface area contributed by atoms with Crippen molar-refractivity contribution in [1.82, 2.24) is 10.0 Å². The van der Waals surface area contributed by atoms with E-state index >= 15 is 0 Å². The monoisotopic (exact) mass is 368 g/mol. The number of esters is 1. The molecule has 0 spiro atoms. The summed E-state index contributed by atoms with van der Waals surface area (Å²) in [7, 11) is -2.59. The van der Waals surface area contributed by atoms with Crippen molar-refractivity contribution in [2.24, 2.45) is 5.92 Å². The molecule has 1 aromatic carbocycles. The van der Waals surface area contributed by atoms with Gasteiger partial charge >= 0.3 is 5.97 Å². The minimum atomic E-state index is -3.84. The highest BCUT2D eigenvalue weighted by atomic mass is 32.2. The van der Waals surface area contributed by atoms with Crippen LogP contribution in [0.3, 0.4) is 0 Å². The molecule has 8 heteroatoms. The maximum atomic E-state index is 13.0. The maximum Gasteiger partial charge on any atom is 0.349 e. The van der Waals surface area contributed by atoms with Gasteiger partial charge in [0.15, 0.2) is 0 Å². The van der Waals surface area contributed by atoms with Crippen LogP contribution in [-0.4, -0.2) is 40.6 Å². The van der Waals surface area contributed by atoms with Crippen LogP contribution in [0.5, 0.6) is 0 Å². The van der Waals surface area contributed by atoms with Gasteiger partial charge in [-0.1, -0.05) is 25.1 Å². The van der Waals surface area contributed by atoms with E-state index in [0.717, 1.165) is 29.0 Å². The van der Waals surface area contributed by atoms with Crippen LogP contribution >= 0.6 is 11.3 Å². The first-order valence-electron chi connectivity index (χ1n) is 7.77. The number of sulfonamides is 1. The molecule has 2 heterocycles. The molecule has 2 aromatic rings. The fourth-order valence-electron chi connectivity index (χ4n) is 2.92. The van der Waals surface area contributed by atoms with Crippen LogP contribution in [0.4, 0.5) is 0 Å². The number of carbonyl (C=O) groups is 1. The number of ether oxygens (including phenoxy) is 1. The molecular weight excluding hydrogens is 348 g/mol. The zero-order valence-electron chi connectivity index (χ0n) is 13.5. The number of rotatable bonds is 4. The lowest BCUT2D eigenvalue weighted by molar-refractivity contribution is 0.0602. The van der Waals surface area contributed by atoms with Gasteiger partial charge in [0.25, 0.3) is 0 Å². The van der Waals surface area contributed by atoms with Crippen LogP contribution in [0.1, 0.15) is 23.0 Å². The fourth-order valence-corrected chi connectivity index (χ4v) is 6.08. The quantitative estimate of drug-likeness (QED) is 0.806. The van der Waals surface area contributed by atoms with E-state index in [-0.39, 0.29) is 21.7 Å². The fraction of sp³-hybridized carbons (Fsp3) is 0.438. The average molecular weight is 368 g/mol. The molecule has 0 aliphatic carbocycles. The van der Waals surface area contributed by atoms with E-state index in [9.17, 15) is 13.2 Å². The third kappa shape index (κ3) is 3.19. The number of carbonyl (C=O) groups excluding carboxylic acids is 1. The first-order chi connectivity index (χ1) is 11.4. The van der Waals surface area contributed by atoms with Crippen LogP contribution in [0.15, 0.2) is 29.2 Å². The predicted octanol–water partition coefficient (Wildman–Crippen LogP) is 1.96. The first-order valence-corrected chi connectivity index (χ1v) is 10.1. The lowest BCUT2D eigenvalue weighted by Gasteiger charge is -2.30. The van der Waals surface area contributed by atoms with Gasteiger partial charge in [-0.05, 0) is 24.9 Å². The Hall–Kier alpha value is -1.48. The van der Waals surface area contributed by atoms with Crippen molar-refractivity contribution in [2.45, 2.75) is 24.3 Å². The van der Waals surface area contributed by atoms with Gasteiger partial charge in [0.05, 0.1) is 7.11 Å². The molecule has 0 saturated carbocycles. The SMILES string of the molecule is COC(=O)c1sc2ccccc2c1S(=O)(=O)NC1CNCCC1C. The van der Waals surface area contributed by atoms with E-state index in [2.05, 4.69) is 10.0 Å². The van der Waals surface area contributed by atoms with E-state index in [0.29, 0.717) is 11.9 Å². The Morgan fingerprint density at radius 3 is 2.83 bits per heavy atom. The van der Waals surface area contributed by atoms with Gasteiger partial charge in [0.1, 0.15) is 9.77 Å². The van der Waals surface area contributed by atoms with Crippen molar-refractivity contribution >= 4 is 37.4 Å². The van der Waals surface area contributed by atoms with E-state index in [1.165, 1.54) is 7.11 Å². The smallest absolute Gasteiger partial charge is 0.349 e. The summed E-state index contributed by atoms with van der Waals surface area (Å²) in [4.78, 5) is 12.2. The standard InChI is InChI=1S/C16H20N2O4S2/c1-10-7-8-17-9-12(10)18-24(20,21)15-11-5-3-4-6-13(11)23-14(15)16(19)22-2/h3-6,10,12,17-18H,7-9H2,1-2H3. The zero-order valence-corrected chi connectivity index (χ0v) is 15.2. The summed E-state index contributed by atoms with van der Waals surface area (Å²) >= 11 is 1.14. The lowest BCUT2D eigenvalue weighted by atomic mass is 9.96. The molecule has 0 amide bonds. The van der Waals surface area contributed by atoms with E-state index in [4.69, 9.17) is 4.74 Å². The van der Waals surface area contributed by atoms with Gasteiger partial charge in [0.2, 0.25) is 10.0 Å². The van der Waals surface area contributed by atoms with Crippen LogP contribution in [0.25, 0.3) is 10.1 Å². The molecule has 1 saturated heterocycles. The molecule has 3 rings (SSSR count). The summed E-state index contributed by atoms with van der Waals surface area (Å²) in [6.45, 7) is 3.49. The second kappa shape index (κ2) is 6.79. The summed E-state index contributed by atoms with van der Waals surface area (Å²) in [5, 5.41) is 3.75. The van der Waals surface area contributed by atoms with Crippen LogP contribution in [0.2, 0.25) is 0 Å². The van der Waals surface area contributed by atoms with Crippen molar-refractivity contribution in [1.29, 1.82) is 0 Å². The first kappa shape index (κ1) is 17.3. The molecule has 1 aliphatic rings. The number of benzene rings is 1. The highest BCUT2D eigenvalue weighted by molar-refractivity contribution is 7.90. The third-order valence-corrected chi connectivity index (χ3v) is 7.18. The molecule has 1 fully saturated rings. The molecule has 2 unspecified atom stereocenters. The predicted molar refractivity (Wildman–Crippen MR) is 93.9 cm³/mol. The van der Waals surface area contributed by atoms with E-state index < -0.39 is 16.0 Å². The lowest BCUT2D eigenvalue weighted by Crippen LogP contribution is -2.50. The largest absolute Gasteiger partial charge is 0.465 e. The highest BCUT2D eigenvalue weighted by Crippen LogP contribution is 2.35. The molecule has 6 nitrogen and oxygen atoms in total. The Kier molecular flexibility index (Phi) is 4.91. The maximum absolute atomic E-state index is 13.0. The van der Waals surface area contributed by atoms with Gasteiger partial charge in [-0.3, -0.25) is 0 Å². The number of piperidine rings is 1. The Balaban J connectivity index is 2.07. The van der Waals surface area contributed by atoms with E-state index in [1.807, 2.05) is 13.0 Å². The van der Waals surface area contributed by atoms with Crippen LogP contribution in [-0.2, 0) is 14.8 Å². The van der Waals surface area contributed by atoms with E-state index in [1.54, 1.807) is 18.2 Å². The summed E-state index contributed by atoms with van der Waals surface area (Å²) in [5.41, 5.74) is 0. The molecule has 2 atom stereocenters. The molecule has 1 aromatic heterocycles. The van der Waals surface area contributed by atoms with Crippen molar-refractivity contribution in [3.63, 3.8) is 0 Å². The summed E-state index contributed by atoms with van der Waals surface area (Å²) < 4.78 is 34.3. The average Bonchev–Trinajstić information content (AvgIpc) is 2.96. The second-order valence-electron chi connectivity index (χ2n) is 5.95. The summed E-state index contributed by atoms with van der Waals surface area (Å²) in [5.74, 6) is -0.404. The van der Waals surface area contributed by atoms with Gasteiger partial charge in [0, 0.05) is 22.7 Å². The van der Waals surface area contributed by atoms with Crippen molar-refractivity contribution < 1.29 is 17.9 Å². The molecule has 1 aliphatic heterocycles. The molecule has 0 radical (unpaired) electrons. The molecule has 130 valence electrons. The van der Waals surface area contributed by atoms with Gasteiger partial charge in [-0.15, -0.1) is 11.3 Å². The summed E-state index contributed by atoms with van der Waals surface area (Å²) in [6, 6.07) is 6.90. The molecule has 2 N–H and O–H groups in total.